The summed E-state index contributed by atoms with van der Waals surface area (Å²) in [6, 6.07) is 3.39. The highest BCUT2D eigenvalue weighted by Crippen LogP contribution is 2.36. The van der Waals surface area contributed by atoms with Crippen molar-refractivity contribution in [2.45, 2.75) is 13.3 Å². The van der Waals surface area contributed by atoms with E-state index in [0.717, 1.165) is 10.6 Å². The van der Waals surface area contributed by atoms with Crippen molar-refractivity contribution in [3.63, 3.8) is 0 Å². The number of imide groups is 1. The van der Waals surface area contributed by atoms with Crippen molar-refractivity contribution in [1.82, 2.24) is 9.88 Å². The molecule has 1 aliphatic heterocycles. The Kier molecular flexibility index (Phi) is 4.70. The van der Waals surface area contributed by atoms with E-state index in [1.165, 1.54) is 12.1 Å². The third-order valence-corrected chi connectivity index (χ3v) is 4.50. The summed E-state index contributed by atoms with van der Waals surface area (Å²) < 4.78 is 6.68. The van der Waals surface area contributed by atoms with E-state index < -0.39 is 28.0 Å². The number of anilines is 1. The first-order chi connectivity index (χ1) is 12.8. The molecule has 2 amide bonds. The van der Waals surface area contributed by atoms with Crippen LogP contribution in [0.1, 0.15) is 34.1 Å². The van der Waals surface area contributed by atoms with Gasteiger partial charge in [-0.15, -0.1) is 0 Å². The Morgan fingerprint density at radius 1 is 1.26 bits per heavy atom. The van der Waals surface area contributed by atoms with Crippen molar-refractivity contribution in [3.05, 3.63) is 54.3 Å². The summed E-state index contributed by atoms with van der Waals surface area (Å²) in [4.78, 5) is 47.1. The van der Waals surface area contributed by atoms with Gasteiger partial charge in [0.1, 0.15) is 17.3 Å². The number of nitrogens with two attached hydrogens (primary N) is 1. The van der Waals surface area contributed by atoms with E-state index in [-0.39, 0.29) is 28.4 Å². The molecule has 0 unspecified atom stereocenters. The second kappa shape index (κ2) is 6.83. The number of nitro groups is 1. The highest BCUT2D eigenvalue weighted by molar-refractivity contribution is 9.10. The summed E-state index contributed by atoms with van der Waals surface area (Å²) in [5.74, 6) is -1.62. The van der Waals surface area contributed by atoms with Crippen LogP contribution < -0.4 is 21.3 Å². The first-order valence-corrected chi connectivity index (χ1v) is 8.57. The molecule has 0 spiro atoms. The molecule has 3 rings (SSSR count). The van der Waals surface area contributed by atoms with Crippen LogP contribution in [0.5, 0.6) is 5.75 Å². The third-order valence-electron chi connectivity index (χ3n) is 3.88. The minimum atomic E-state index is -0.789. The number of hydrogen-bond acceptors (Lipinski definition) is 7. The van der Waals surface area contributed by atoms with E-state index >= 15 is 0 Å². The molecular weight excluding hydrogens is 424 g/mol. The summed E-state index contributed by atoms with van der Waals surface area (Å²) in [6.45, 7) is 2.24. The average Bonchev–Trinajstić information content (AvgIpc) is 2.88. The number of ether oxygens (including phenoxy) is 1. The van der Waals surface area contributed by atoms with Gasteiger partial charge in [-0.05, 0) is 22.4 Å². The fraction of sp³-hybridized carbons (Fsp3) is 0.188. The quantitative estimate of drug-likeness (QED) is 0.412. The summed E-state index contributed by atoms with van der Waals surface area (Å²) in [7, 11) is 0. The molecular formula is C16H13BrN4O6. The molecule has 0 fully saturated rings. The van der Waals surface area contributed by atoms with Gasteiger partial charge in [0, 0.05) is 18.2 Å². The summed E-state index contributed by atoms with van der Waals surface area (Å²) in [5, 5.41) is 13.5. The zero-order valence-electron chi connectivity index (χ0n) is 13.9. The van der Waals surface area contributed by atoms with Gasteiger partial charge in [-0.25, -0.2) is 0 Å². The Hall–Kier alpha value is -3.21. The van der Waals surface area contributed by atoms with Crippen LogP contribution in [0.4, 0.5) is 11.5 Å². The normalized spacial score (nSPS) is 12.7. The van der Waals surface area contributed by atoms with Crippen LogP contribution >= 0.6 is 15.9 Å². The molecule has 0 bridgehead atoms. The number of rotatable bonds is 5. The van der Waals surface area contributed by atoms with Gasteiger partial charge >= 0.3 is 0 Å². The number of halogens is 1. The number of carbonyl (C=O) groups is 2. The average molecular weight is 437 g/mol. The lowest BCUT2D eigenvalue weighted by Crippen LogP contribution is -2.24. The van der Waals surface area contributed by atoms with Gasteiger partial charge in [-0.3, -0.25) is 34.4 Å². The highest BCUT2D eigenvalue weighted by Gasteiger charge is 2.33. The Balaban J connectivity index is 2.32. The summed E-state index contributed by atoms with van der Waals surface area (Å²) >= 11 is 3.20. The lowest BCUT2D eigenvalue weighted by molar-refractivity contribution is -0.384. The number of amides is 2. The second-order valence-electron chi connectivity index (χ2n) is 5.65. The van der Waals surface area contributed by atoms with E-state index in [4.69, 9.17) is 10.5 Å². The molecule has 1 aromatic heterocycles. The number of fused-ring (bicyclic) bond motifs is 1. The number of nitrogens with zero attached hydrogens (tertiary/aromatic N) is 2. The number of pyridine rings is 1. The van der Waals surface area contributed by atoms with E-state index in [9.17, 15) is 24.5 Å². The molecule has 0 atom stereocenters. The first kappa shape index (κ1) is 18.6. The Bertz CT molecular complexity index is 1060. The van der Waals surface area contributed by atoms with Crippen molar-refractivity contribution in [2.24, 2.45) is 0 Å². The molecule has 0 saturated heterocycles. The van der Waals surface area contributed by atoms with Crippen molar-refractivity contribution >= 4 is 39.2 Å². The topological polar surface area (TPSA) is 147 Å². The maximum Gasteiger partial charge on any atom is 0.294 e. The number of hydrogen-bond donors (Lipinski definition) is 2. The molecule has 0 saturated carbocycles. The predicted molar refractivity (Wildman–Crippen MR) is 98.4 cm³/mol. The van der Waals surface area contributed by atoms with Crippen LogP contribution in [0.15, 0.2) is 27.5 Å². The highest BCUT2D eigenvalue weighted by atomic mass is 79.9. The van der Waals surface area contributed by atoms with Gasteiger partial charge in [0.05, 0.1) is 27.1 Å². The molecule has 2 aromatic rings. The molecule has 140 valence electrons. The zero-order chi connectivity index (χ0) is 19.9. The van der Waals surface area contributed by atoms with Crippen LogP contribution in [0, 0.1) is 10.1 Å². The summed E-state index contributed by atoms with van der Waals surface area (Å²) in [6.07, 6.45) is 0.696. The second-order valence-corrected chi connectivity index (χ2v) is 6.51. The molecule has 10 nitrogen and oxygen atoms in total. The van der Waals surface area contributed by atoms with Gasteiger partial charge in [0.2, 0.25) is 0 Å². The molecule has 0 aliphatic carbocycles. The van der Waals surface area contributed by atoms with Crippen LogP contribution in [0.25, 0.3) is 5.69 Å². The van der Waals surface area contributed by atoms with Crippen molar-refractivity contribution < 1.29 is 19.2 Å². The Morgan fingerprint density at radius 2 is 1.96 bits per heavy atom. The number of carbonyl (C=O) groups excluding carboxylic acids is 2. The fourth-order valence-corrected chi connectivity index (χ4v) is 3.15. The minimum absolute atomic E-state index is 0.166. The molecule has 1 aliphatic rings. The van der Waals surface area contributed by atoms with Gasteiger partial charge < -0.3 is 10.5 Å². The van der Waals surface area contributed by atoms with E-state index in [1.807, 2.05) is 12.2 Å². The number of nitrogen functional groups attached to an aromatic ring is 1. The smallest absolute Gasteiger partial charge is 0.294 e. The molecule has 0 radical (unpaired) electrons. The Morgan fingerprint density at radius 3 is 2.59 bits per heavy atom. The van der Waals surface area contributed by atoms with Crippen molar-refractivity contribution in [2.75, 3.05) is 12.3 Å². The van der Waals surface area contributed by atoms with Gasteiger partial charge in [-0.1, -0.05) is 6.92 Å². The number of benzene rings is 1. The maximum absolute atomic E-state index is 12.6. The standard InChI is InChI=1S/C16H13BrN4O6/c1-2-3-27-11-6-9(10(21(25)26)5-8(11)17)20-12(22)4-7-13(14(20)18)16(24)19-15(7)23/h4-6H,2-3,18H2,1H3,(H,19,23,24). The van der Waals surface area contributed by atoms with Crippen LogP contribution in [-0.2, 0) is 0 Å². The molecule has 11 heteroatoms. The molecule has 2 heterocycles. The number of nitro benzene ring substituents is 1. The molecule has 3 N–H and O–H groups in total. The van der Waals surface area contributed by atoms with Crippen molar-refractivity contribution in [3.8, 4) is 11.4 Å². The van der Waals surface area contributed by atoms with E-state index in [2.05, 4.69) is 15.9 Å². The predicted octanol–water partition coefficient (Wildman–Crippen LogP) is 1.76. The first-order valence-electron chi connectivity index (χ1n) is 7.78. The van der Waals surface area contributed by atoms with Crippen LogP contribution in [0.2, 0.25) is 0 Å². The van der Waals surface area contributed by atoms with Crippen molar-refractivity contribution in [1.29, 1.82) is 0 Å². The van der Waals surface area contributed by atoms with Crippen LogP contribution in [-0.4, -0.2) is 27.9 Å². The van der Waals surface area contributed by atoms with Crippen LogP contribution in [0.3, 0.4) is 0 Å². The summed E-state index contributed by atoms with van der Waals surface area (Å²) in [5.41, 5.74) is 4.20. The Labute approximate surface area is 160 Å². The lowest BCUT2D eigenvalue weighted by Gasteiger charge is -2.14. The third kappa shape index (κ3) is 3.05. The number of aromatic nitrogens is 1. The van der Waals surface area contributed by atoms with Gasteiger partial charge in [-0.2, -0.15) is 0 Å². The number of nitrogens with one attached hydrogen (secondary N) is 1. The van der Waals surface area contributed by atoms with E-state index in [0.29, 0.717) is 17.5 Å². The minimum Gasteiger partial charge on any atom is -0.492 e. The fourth-order valence-electron chi connectivity index (χ4n) is 2.71. The monoisotopic (exact) mass is 436 g/mol. The zero-order valence-corrected chi connectivity index (χ0v) is 15.5. The largest absolute Gasteiger partial charge is 0.492 e. The maximum atomic E-state index is 12.6. The molecule has 1 aromatic carbocycles. The van der Waals surface area contributed by atoms with Gasteiger partial charge in [0.15, 0.2) is 0 Å². The lowest BCUT2D eigenvalue weighted by atomic mass is 10.1. The van der Waals surface area contributed by atoms with E-state index in [1.54, 1.807) is 0 Å². The SMILES string of the molecule is CCCOc1cc(-n2c(N)c3c(cc2=O)C(=O)NC3=O)c([N+](=O)[O-])cc1Br. The van der Waals surface area contributed by atoms with Gasteiger partial charge in [0.25, 0.3) is 23.1 Å². The molecule has 27 heavy (non-hydrogen) atoms.